The molecule has 2 heterocycles. The van der Waals surface area contributed by atoms with Gasteiger partial charge >= 0.3 is 5.97 Å². The highest BCUT2D eigenvalue weighted by Gasteiger charge is 2.67. The molecule has 2 aliphatic heterocycles. The third-order valence-electron chi connectivity index (χ3n) is 11.1. The van der Waals surface area contributed by atoms with Crippen LogP contribution in [-0.4, -0.2) is 30.6 Å². The van der Waals surface area contributed by atoms with Gasteiger partial charge in [0.2, 0.25) is 0 Å². The maximum atomic E-state index is 11.5. The molecule has 0 aromatic rings. The van der Waals surface area contributed by atoms with Crippen molar-refractivity contribution in [3.05, 3.63) is 23.3 Å². The number of rotatable bonds is 1. The minimum atomic E-state index is -0.332. The average molecular weight is 455 g/mol. The molecule has 2 saturated heterocycles. The van der Waals surface area contributed by atoms with E-state index < -0.39 is 0 Å². The first-order valence-electron chi connectivity index (χ1n) is 13.6. The Morgan fingerprint density at radius 1 is 1.06 bits per heavy atom. The molecule has 1 spiro atoms. The summed E-state index contributed by atoms with van der Waals surface area (Å²) >= 11 is 0. The van der Waals surface area contributed by atoms with Crippen molar-refractivity contribution in [2.45, 2.75) is 104 Å². The second-order valence-corrected chi connectivity index (χ2v) is 12.9. The molecule has 0 radical (unpaired) electrons. The number of hydrogen-bond donors (Lipinski definition) is 0. The number of esters is 1. The minimum absolute atomic E-state index is 0.0557. The third-order valence-corrected chi connectivity index (χ3v) is 11.1. The van der Waals surface area contributed by atoms with Crippen LogP contribution in [0.25, 0.3) is 0 Å². The van der Waals surface area contributed by atoms with Crippen LogP contribution in [0.1, 0.15) is 86.0 Å². The van der Waals surface area contributed by atoms with E-state index in [1.54, 1.807) is 5.57 Å². The van der Waals surface area contributed by atoms with E-state index in [9.17, 15) is 4.79 Å². The topological polar surface area (TPSA) is 44.8 Å². The highest BCUT2D eigenvalue weighted by atomic mass is 16.7. The zero-order valence-electron chi connectivity index (χ0n) is 21.2. The minimum Gasteiger partial charge on any atom is -0.462 e. The molecule has 4 aliphatic carbocycles. The van der Waals surface area contributed by atoms with Crippen LogP contribution >= 0.6 is 0 Å². The Hall–Kier alpha value is -1.13. The molecule has 0 amide bonds. The Morgan fingerprint density at radius 3 is 2.61 bits per heavy atom. The van der Waals surface area contributed by atoms with E-state index in [1.165, 1.54) is 31.8 Å². The Kier molecular flexibility index (Phi) is 5.03. The van der Waals surface area contributed by atoms with Gasteiger partial charge in [-0.1, -0.05) is 51.0 Å². The highest BCUT2D eigenvalue weighted by Crippen LogP contribution is 2.69. The smallest absolute Gasteiger partial charge is 0.302 e. The fraction of sp³-hybridized carbons (Fsp3) is 0.828. The average Bonchev–Trinajstić information content (AvgIpc) is 3.21. The van der Waals surface area contributed by atoms with Gasteiger partial charge in [-0.05, 0) is 73.0 Å². The zero-order chi connectivity index (χ0) is 23.2. The highest BCUT2D eigenvalue weighted by molar-refractivity contribution is 5.66. The molecule has 0 aromatic carbocycles. The van der Waals surface area contributed by atoms with E-state index in [0.717, 1.165) is 38.7 Å². The van der Waals surface area contributed by atoms with Gasteiger partial charge in [0.1, 0.15) is 6.10 Å². The summed E-state index contributed by atoms with van der Waals surface area (Å²) in [7, 11) is 0. The van der Waals surface area contributed by atoms with Crippen LogP contribution in [0.5, 0.6) is 0 Å². The predicted molar refractivity (Wildman–Crippen MR) is 127 cm³/mol. The van der Waals surface area contributed by atoms with Crippen LogP contribution in [0.3, 0.4) is 0 Å². The van der Waals surface area contributed by atoms with Crippen LogP contribution in [0.15, 0.2) is 23.3 Å². The summed E-state index contributed by atoms with van der Waals surface area (Å²) in [5.41, 5.74) is 3.72. The number of hydrogen-bond acceptors (Lipinski definition) is 4. The lowest BCUT2D eigenvalue weighted by Crippen LogP contribution is -2.49. The normalized spacial score (nSPS) is 52.8. The Bertz CT molecular complexity index is 895. The van der Waals surface area contributed by atoms with Gasteiger partial charge in [0.15, 0.2) is 5.79 Å². The molecule has 0 aromatic heterocycles. The SMILES string of the molecule is CC(=O)OC1CCC2(C)C(=CC=C3C2CCC2(C)C3CC3OC4(CCC(C)CO4)C(C)C32)C1. The first-order chi connectivity index (χ1) is 15.7. The molecule has 0 bridgehead atoms. The maximum Gasteiger partial charge on any atom is 0.302 e. The molecular formula is C29H42O4. The molecule has 33 heavy (non-hydrogen) atoms. The van der Waals surface area contributed by atoms with Gasteiger partial charge in [0, 0.05) is 25.7 Å². The standard InChI is InChI=1S/C29H42O4/c1-17-8-13-29(31-16-17)18(2)26-25(33-29)15-24-22-7-6-20-14-21(32-19(3)30)9-11-27(20,4)23(22)10-12-28(24,26)5/h6-7,17-18,21,23-26H,8-16H2,1-5H3. The van der Waals surface area contributed by atoms with E-state index in [-0.39, 0.29) is 23.3 Å². The van der Waals surface area contributed by atoms with Crippen molar-refractivity contribution < 1.29 is 19.0 Å². The number of fused-ring (bicyclic) bond motifs is 7. The van der Waals surface area contributed by atoms with Gasteiger partial charge in [-0.2, -0.15) is 0 Å². The zero-order valence-corrected chi connectivity index (χ0v) is 21.2. The van der Waals surface area contributed by atoms with Crippen molar-refractivity contribution in [3.63, 3.8) is 0 Å². The molecule has 0 N–H and O–H groups in total. The van der Waals surface area contributed by atoms with Gasteiger partial charge in [0.25, 0.3) is 0 Å². The fourth-order valence-corrected chi connectivity index (χ4v) is 9.33. The van der Waals surface area contributed by atoms with Gasteiger partial charge in [-0.25, -0.2) is 0 Å². The van der Waals surface area contributed by atoms with E-state index in [2.05, 4.69) is 39.8 Å². The first-order valence-corrected chi connectivity index (χ1v) is 13.6. The van der Waals surface area contributed by atoms with E-state index >= 15 is 0 Å². The van der Waals surface area contributed by atoms with Gasteiger partial charge in [0.05, 0.1) is 12.7 Å². The molecule has 6 aliphatic rings. The lowest BCUT2D eigenvalue weighted by atomic mass is 9.50. The molecular weight excluding hydrogens is 412 g/mol. The number of carbonyl (C=O) groups excluding carboxylic acids is 1. The summed E-state index contributed by atoms with van der Waals surface area (Å²) in [4.78, 5) is 11.5. The predicted octanol–water partition coefficient (Wildman–Crippen LogP) is 6.20. The van der Waals surface area contributed by atoms with Crippen molar-refractivity contribution in [1.29, 1.82) is 0 Å². The summed E-state index contributed by atoms with van der Waals surface area (Å²) in [6.07, 6.45) is 14.3. The summed E-state index contributed by atoms with van der Waals surface area (Å²) in [5.74, 6) is 2.48. The van der Waals surface area contributed by atoms with Gasteiger partial charge in [-0.15, -0.1) is 0 Å². The van der Waals surface area contributed by atoms with E-state index in [1.807, 2.05) is 0 Å². The Labute approximate surface area is 199 Å². The lowest BCUT2D eigenvalue weighted by molar-refractivity contribution is -0.271. The van der Waals surface area contributed by atoms with Crippen LogP contribution in [0, 0.1) is 40.4 Å². The van der Waals surface area contributed by atoms with Crippen molar-refractivity contribution in [3.8, 4) is 0 Å². The van der Waals surface area contributed by atoms with Gasteiger partial charge < -0.3 is 14.2 Å². The van der Waals surface area contributed by atoms with Crippen molar-refractivity contribution in [2.24, 2.45) is 40.4 Å². The molecule has 5 fully saturated rings. The molecule has 10 atom stereocenters. The maximum absolute atomic E-state index is 11.5. The summed E-state index contributed by atoms with van der Waals surface area (Å²) in [6.45, 7) is 12.2. The molecule has 6 rings (SSSR count). The molecule has 10 unspecified atom stereocenters. The van der Waals surface area contributed by atoms with Crippen molar-refractivity contribution in [1.82, 2.24) is 0 Å². The Morgan fingerprint density at radius 2 is 1.88 bits per heavy atom. The van der Waals surface area contributed by atoms with Crippen LogP contribution in [0.4, 0.5) is 0 Å². The van der Waals surface area contributed by atoms with Crippen LogP contribution in [-0.2, 0) is 19.0 Å². The van der Waals surface area contributed by atoms with E-state index in [0.29, 0.717) is 41.1 Å². The Balaban J connectivity index is 1.27. The van der Waals surface area contributed by atoms with Gasteiger partial charge in [-0.3, -0.25) is 4.79 Å². The summed E-state index contributed by atoms with van der Waals surface area (Å²) in [5, 5.41) is 0. The molecule has 3 saturated carbocycles. The summed E-state index contributed by atoms with van der Waals surface area (Å²) < 4.78 is 18.9. The first kappa shape index (κ1) is 22.3. The monoisotopic (exact) mass is 454 g/mol. The second-order valence-electron chi connectivity index (χ2n) is 12.9. The van der Waals surface area contributed by atoms with E-state index in [4.69, 9.17) is 14.2 Å². The van der Waals surface area contributed by atoms with Crippen molar-refractivity contribution in [2.75, 3.05) is 6.61 Å². The summed E-state index contributed by atoms with van der Waals surface area (Å²) in [6, 6.07) is 0. The lowest BCUT2D eigenvalue weighted by Gasteiger charge is -2.55. The quantitative estimate of drug-likeness (QED) is 0.442. The second kappa shape index (κ2) is 7.43. The molecule has 4 nitrogen and oxygen atoms in total. The largest absolute Gasteiger partial charge is 0.462 e. The number of allylic oxidation sites excluding steroid dienone is 3. The van der Waals surface area contributed by atoms with Crippen LogP contribution in [0.2, 0.25) is 0 Å². The molecule has 4 heteroatoms. The molecule has 182 valence electrons. The third kappa shape index (κ3) is 3.12. The number of ether oxygens (including phenoxy) is 3. The fourth-order valence-electron chi connectivity index (χ4n) is 9.33. The van der Waals surface area contributed by atoms with Crippen molar-refractivity contribution >= 4 is 5.97 Å². The number of carbonyl (C=O) groups is 1. The van der Waals surface area contributed by atoms with Crippen LogP contribution < -0.4 is 0 Å².